The lowest BCUT2D eigenvalue weighted by Crippen LogP contribution is -2.49. The fraction of sp³-hybridized carbons (Fsp3) is 0.278. The minimum absolute atomic E-state index is 0.0162. The van der Waals surface area contributed by atoms with Crippen LogP contribution in [0, 0.1) is 6.92 Å². The number of fused-ring (bicyclic) bond motifs is 1. The molecular formula is C18H19NO2. The van der Waals surface area contributed by atoms with Gasteiger partial charge in [-0.1, -0.05) is 29.8 Å². The smallest absolute Gasteiger partial charge is 0.258 e. The SMILES string of the molecule is Cc1cccc(C(=O)N2CC(C)(C)Oc3ccccc32)c1. The number of anilines is 1. The molecule has 3 heteroatoms. The quantitative estimate of drug-likeness (QED) is 0.795. The molecule has 1 heterocycles. The van der Waals surface area contributed by atoms with Crippen molar-refractivity contribution < 1.29 is 9.53 Å². The molecule has 2 aromatic carbocycles. The van der Waals surface area contributed by atoms with Crippen molar-refractivity contribution in [1.29, 1.82) is 0 Å². The average Bonchev–Trinajstić information content (AvgIpc) is 2.44. The summed E-state index contributed by atoms with van der Waals surface area (Å²) >= 11 is 0. The summed E-state index contributed by atoms with van der Waals surface area (Å²) in [6.45, 7) is 6.53. The monoisotopic (exact) mass is 281 g/mol. The van der Waals surface area contributed by atoms with Crippen LogP contribution in [0.15, 0.2) is 48.5 Å². The van der Waals surface area contributed by atoms with Crippen molar-refractivity contribution in [3.05, 3.63) is 59.7 Å². The molecule has 0 saturated heterocycles. The van der Waals surface area contributed by atoms with Gasteiger partial charge in [0, 0.05) is 5.56 Å². The Morgan fingerprint density at radius 1 is 1.14 bits per heavy atom. The minimum Gasteiger partial charge on any atom is -0.484 e. The van der Waals surface area contributed by atoms with Crippen molar-refractivity contribution in [3.63, 3.8) is 0 Å². The van der Waals surface area contributed by atoms with Gasteiger partial charge in [0.15, 0.2) is 0 Å². The maximum atomic E-state index is 12.9. The molecule has 0 radical (unpaired) electrons. The molecule has 0 bridgehead atoms. The highest BCUT2D eigenvalue weighted by Gasteiger charge is 2.34. The first-order valence-corrected chi connectivity index (χ1v) is 7.13. The van der Waals surface area contributed by atoms with Gasteiger partial charge in [0.1, 0.15) is 11.4 Å². The number of para-hydroxylation sites is 2. The molecule has 1 aliphatic heterocycles. The molecule has 1 aliphatic rings. The van der Waals surface area contributed by atoms with E-state index in [0.29, 0.717) is 12.1 Å². The number of amides is 1. The molecule has 3 nitrogen and oxygen atoms in total. The molecule has 21 heavy (non-hydrogen) atoms. The standard InChI is InChI=1S/C18H19NO2/c1-13-7-6-8-14(11-13)17(20)19-12-18(2,3)21-16-10-5-4-9-15(16)19/h4-11H,12H2,1-3H3. The van der Waals surface area contributed by atoms with E-state index in [1.807, 2.05) is 74.2 Å². The molecule has 0 fully saturated rings. The van der Waals surface area contributed by atoms with Gasteiger partial charge in [-0.15, -0.1) is 0 Å². The molecular weight excluding hydrogens is 262 g/mol. The van der Waals surface area contributed by atoms with Crippen LogP contribution in [0.4, 0.5) is 5.69 Å². The number of nitrogens with zero attached hydrogens (tertiary/aromatic N) is 1. The first-order chi connectivity index (χ1) is 9.96. The van der Waals surface area contributed by atoms with E-state index >= 15 is 0 Å². The second-order valence-electron chi connectivity index (χ2n) is 6.09. The van der Waals surface area contributed by atoms with Crippen LogP contribution in [0.1, 0.15) is 29.8 Å². The molecule has 2 aromatic rings. The Balaban J connectivity index is 2.03. The van der Waals surface area contributed by atoms with E-state index in [0.717, 1.165) is 17.0 Å². The lowest BCUT2D eigenvalue weighted by atomic mass is 10.0. The van der Waals surface area contributed by atoms with E-state index in [-0.39, 0.29) is 5.91 Å². The zero-order valence-electron chi connectivity index (χ0n) is 12.6. The molecule has 0 aliphatic carbocycles. The molecule has 0 saturated carbocycles. The summed E-state index contributed by atoms with van der Waals surface area (Å²) in [5.41, 5.74) is 2.24. The van der Waals surface area contributed by atoms with E-state index in [2.05, 4.69) is 0 Å². The van der Waals surface area contributed by atoms with Crippen LogP contribution in [-0.2, 0) is 0 Å². The maximum Gasteiger partial charge on any atom is 0.258 e. The Hall–Kier alpha value is -2.29. The summed E-state index contributed by atoms with van der Waals surface area (Å²) in [7, 11) is 0. The van der Waals surface area contributed by atoms with Gasteiger partial charge in [-0.05, 0) is 45.0 Å². The maximum absolute atomic E-state index is 12.9. The summed E-state index contributed by atoms with van der Waals surface area (Å²) in [6.07, 6.45) is 0. The molecule has 3 rings (SSSR count). The highest BCUT2D eigenvalue weighted by atomic mass is 16.5. The van der Waals surface area contributed by atoms with Crippen molar-refractivity contribution >= 4 is 11.6 Å². The summed E-state index contributed by atoms with van der Waals surface area (Å²) < 4.78 is 5.97. The second kappa shape index (κ2) is 4.92. The average molecular weight is 281 g/mol. The number of ether oxygens (including phenoxy) is 1. The molecule has 0 atom stereocenters. The third-order valence-corrected chi connectivity index (χ3v) is 3.59. The van der Waals surface area contributed by atoms with Gasteiger partial charge < -0.3 is 9.64 Å². The Labute approximate surface area is 125 Å². The van der Waals surface area contributed by atoms with Gasteiger partial charge in [-0.3, -0.25) is 4.79 Å². The van der Waals surface area contributed by atoms with Gasteiger partial charge in [0.2, 0.25) is 0 Å². The van der Waals surface area contributed by atoms with Crippen LogP contribution >= 0.6 is 0 Å². The number of rotatable bonds is 1. The summed E-state index contributed by atoms with van der Waals surface area (Å²) in [5.74, 6) is 0.775. The lowest BCUT2D eigenvalue weighted by Gasteiger charge is -2.39. The fourth-order valence-electron chi connectivity index (χ4n) is 2.68. The molecule has 0 aromatic heterocycles. The van der Waals surface area contributed by atoms with Crippen molar-refractivity contribution in [1.82, 2.24) is 0 Å². The van der Waals surface area contributed by atoms with Crippen LogP contribution in [0.3, 0.4) is 0 Å². The Morgan fingerprint density at radius 2 is 1.90 bits per heavy atom. The highest BCUT2D eigenvalue weighted by molar-refractivity contribution is 6.07. The summed E-state index contributed by atoms with van der Waals surface area (Å²) in [4.78, 5) is 14.7. The predicted molar refractivity (Wildman–Crippen MR) is 84.0 cm³/mol. The minimum atomic E-state index is -0.395. The highest BCUT2D eigenvalue weighted by Crippen LogP contribution is 2.37. The molecule has 0 N–H and O–H groups in total. The topological polar surface area (TPSA) is 29.5 Å². The molecule has 1 amide bonds. The normalized spacial score (nSPS) is 16.0. The Bertz CT molecular complexity index is 691. The van der Waals surface area contributed by atoms with Gasteiger partial charge >= 0.3 is 0 Å². The summed E-state index contributed by atoms with van der Waals surface area (Å²) in [5, 5.41) is 0. The zero-order chi connectivity index (χ0) is 15.0. The van der Waals surface area contributed by atoms with E-state index in [9.17, 15) is 4.79 Å². The first kappa shape index (κ1) is 13.7. The Morgan fingerprint density at radius 3 is 2.67 bits per heavy atom. The van der Waals surface area contributed by atoms with E-state index in [1.165, 1.54) is 0 Å². The number of carbonyl (C=O) groups is 1. The van der Waals surface area contributed by atoms with Crippen LogP contribution in [0.25, 0.3) is 0 Å². The van der Waals surface area contributed by atoms with E-state index < -0.39 is 5.60 Å². The second-order valence-corrected chi connectivity index (χ2v) is 6.09. The fourth-order valence-corrected chi connectivity index (χ4v) is 2.68. The molecule has 0 spiro atoms. The first-order valence-electron chi connectivity index (χ1n) is 7.13. The number of hydrogen-bond acceptors (Lipinski definition) is 2. The molecule has 0 unspecified atom stereocenters. The van der Waals surface area contributed by atoms with E-state index in [4.69, 9.17) is 4.74 Å². The molecule has 108 valence electrons. The van der Waals surface area contributed by atoms with Crippen LogP contribution < -0.4 is 9.64 Å². The number of carbonyl (C=O) groups excluding carboxylic acids is 1. The number of aryl methyl sites for hydroxylation is 1. The predicted octanol–water partition coefficient (Wildman–Crippen LogP) is 3.81. The summed E-state index contributed by atoms with van der Waals surface area (Å²) in [6, 6.07) is 15.4. The van der Waals surface area contributed by atoms with Gasteiger partial charge in [-0.2, -0.15) is 0 Å². The van der Waals surface area contributed by atoms with Gasteiger partial charge in [-0.25, -0.2) is 0 Å². The van der Waals surface area contributed by atoms with Gasteiger partial charge in [0.25, 0.3) is 5.91 Å². The zero-order valence-corrected chi connectivity index (χ0v) is 12.6. The van der Waals surface area contributed by atoms with E-state index in [1.54, 1.807) is 0 Å². The van der Waals surface area contributed by atoms with Crippen LogP contribution in [0.5, 0.6) is 5.75 Å². The van der Waals surface area contributed by atoms with Crippen molar-refractivity contribution in [2.45, 2.75) is 26.4 Å². The van der Waals surface area contributed by atoms with Crippen molar-refractivity contribution in [2.24, 2.45) is 0 Å². The number of hydrogen-bond donors (Lipinski definition) is 0. The number of benzene rings is 2. The van der Waals surface area contributed by atoms with Gasteiger partial charge in [0.05, 0.1) is 12.2 Å². The largest absolute Gasteiger partial charge is 0.484 e. The third-order valence-electron chi connectivity index (χ3n) is 3.59. The van der Waals surface area contributed by atoms with Crippen LogP contribution in [-0.4, -0.2) is 18.1 Å². The lowest BCUT2D eigenvalue weighted by molar-refractivity contribution is 0.0837. The van der Waals surface area contributed by atoms with Crippen LogP contribution in [0.2, 0.25) is 0 Å². The Kier molecular flexibility index (Phi) is 3.20. The van der Waals surface area contributed by atoms with Crippen molar-refractivity contribution in [2.75, 3.05) is 11.4 Å². The third kappa shape index (κ3) is 2.64. The van der Waals surface area contributed by atoms with Crippen molar-refractivity contribution in [3.8, 4) is 5.75 Å².